The van der Waals surface area contributed by atoms with Gasteiger partial charge in [0.1, 0.15) is 17.2 Å². The fourth-order valence-corrected chi connectivity index (χ4v) is 1.56. The first-order valence-electron chi connectivity index (χ1n) is 5.16. The maximum atomic E-state index is 13.7. The zero-order valence-corrected chi connectivity index (χ0v) is 9.98. The van der Waals surface area contributed by atoms with Crippen molar-refractivity contribution in [1.29, 1.82) is 0 Å². The Morgan fingerprint density at radius 3 is 2.67 bits per heavy atom. The van der Waals surface area contributed by atoms with Gasteiger partial charge in [-0.1, -0.05) is 0 Å². The molecule has 6 heteroatoms. The SMILES string of the molecule is COc1ccc(-c2nc(N)ncc2F)c(OC)c1. The first-order chi connectivity index (χ1) is 8.65. The molecule has 0 radical (unpaired) electrons. The van der Waals surface area contributed by atoms with E-state index in [0.717, 1.165) is 6.20 Å². The van der Waals surface area contributed by atoms with Gasteiger partial charge in [0.15, 0.2) is 5.82 Å². The number of rotatable bonds is 3. The van der Waals surface area contributed by atoms with Crippen LogP contribution in [0.2, 0.25) is 0 Å². The number of nitrogens with zero attached hydrogens (tertiary/aromatic N) is 2. The predicted molar refractivity (Wildman–Crippen MR) is 64.9 cm³/mol. The molecule has 1 aromatic heterocycles. The van der Waals surface area contributed by atoms with Crippen molar-refractivity contribution in [3.05, 3.63) is 30.2 Å². The smallest absolute Gasteiger partial charge is 0.220 e. The molecule has 94 valence electrons. The summed E-state index contributed by atoms with van der Waals surface area (Å²) in [6.07, 6.45) is 1.03. The van der Waals surface area contributed by atoms with Gasteiger partial charge >= 0.3 is 0 Å². The van der Waals surface area contributed by atoms with E-state index in [9.17, 15) is 4.39 Å². The molecule has 0 fully saturated rings. The molecular formula is C12H12FN3O2. The highest BCUT2D eigenvalue weighted by atomic mass is 19.1. The second kappa shape index (κ2) is 4.87. The molecule has 18 heavy (non-hydrogen) atoms. The zero-order valence-electron chi connectivity index (χ0n) is 9.98. The third-order valence-electron chi connectivity index (χ3n) is 2.43. The molecule has 1 aromatic carbocycles. The molecule has 0 saturated heterocycles. The molecule has 0 atom stereocenters. The van der Waals surface area contributed by atoms with Gasteiger partial charge in [0.2, 0.25) is 5.95 Å². The lowest BCUT2D eigenvalue weighted by molar-refractivity contribution is 0.395. The first-order valence-corrected chi connectivity index (χ1v) is 5.16. The lowest BCUT2D eigenvalue weighted by atomic mass is 10.1. The number of hydrogen-bond donors (Lipinski definition) is 1. The molecule has 0 amide bonds. The van der Waals surface area contributed by atoms with Gasteiger partial charge in [-0.25, -0.2) is 14.4 Å². The molecule has 2 aromatic rings. The molecule has 0 aliphatic heterocycles. The number of aromatic nitrogens is 2. The maximum Gasteiger partial charge on any atom is 0.220 e. The summed E-state index contributed by atoms with van der Waals surface area (Å²) in [5, 5.41) is 0. The summed E-state index contributed by atoms with van der Waals surface area (Å²) < 4.78 is 23.9. The quantitative estimate of drug-likeness (QED) is 0.899. The van der Waals surface area contributed by atoms with Gasteiger partial charge in [0, 0.05) is 11.6 Å². The van der Waals surface area contributed by atoms with E-state index in [1.807, 2.05) is 0 Å². The number of anilines is 1. The van der Waals surface area contributed by atoms with Crippen LogP contribution in [-0.4, -0.2) is 24.2 Å². The second-order valence-corrected chi connectivity index (χ2v) is 3.49. The number of methoxy groups -OCH3 is 2. The number of benzene rings is 1. The van der Waals surface area contributed by atoms with Crippen LogP contribution in [0, 0.1) is 5.82 Å². The lowest BCUT2D eigenvalue weighted by Crippen LogP contribution is -2.00. The van der Waals surface area contributed by atoms with Crippen LogP contribution < -0.4 is 15.2 Å². The van der Waals surface area contributed by atoms with E-state index in [-0.39, 0.29) is 11.6 Å². The minimum Gasteiger partial charge on any atom is -0.497 e. The number of halogens is 1. The van der Waals surface area contributed by atoms with E-state index < -0.39 is 5.82 Å². The average Bonchev–Trinajstić information content (AvgIpc) is 2.41. The summed E-state index contributed by atoms with van der Waals surface area (Å²) in [5.41, 5.74) is 6.05. The topological polar surface area (TPSA) is 70.3 Å². The van der Waals surface area contributed by atoms with Crippen LogP contribution in [0.4, 0.5) is 10.3 Å². The Bertz CT molecular complexity index is 575. The Morgan fingerprint density at radius 2 is 2.00 bits per heavy atom. The van der Waals surface area contributed by atoms with Gasteiger partial charge in [0.25, 0.3) is 0 Å². The number of hydrogen-bond acceptors (Lipinski definition) is 5. The van der Waals surface area contributed by atoms with Gasteiger partial charge in [-0.05, 0) is 12.1 Å². The second-order valence-electron chi connectivity index (χ2n) is 3.49. The molecule has 0 saturated carbocycles. The van der Waals surface area contributed by atoms with Crippen LogP contribution in [0.5, 0.6) is 11.5 Å². The van der Waals surface area contributed by atoms with Crippen LogP contribution in [0.1, 0.15) is 0 Å². The van der Waals surface area contributed by atoms with Crippen molar-refractivity contribution in [2.45, 2.75) is 0 Å². The van der Waals surface area contributed by atoms with Crippen molar-refractivity contribution in [2.24, 2.45) is 0 Å². The van der Waals surface area contributed by atoms with Crippen molar-refractivity contribution < 1.29 is 13.9 Å². The van der Waals surface area contributed by atoms with Crippen LogP contribution >= 0.6 is 0 Å². The average molecular weight is 249 g/mol. The van der Waals surface area contributed by atoms with E-state index in [2.05, 4.69) is 9.97 Å². The highest BCUT2D eigenvalue weighted by Crippen LogP contribution is 2.33. The summed E-state index contributed by atoms with van der Waals surface area (Å²) in [6.45, 7) is 0. The van der Waals surface area contributed by atoms with Gasteiger partial charge in [-0.15, -0.1) is 0 Å². The van der Waals surface area contributed by atoms with Crippen molar-refractivity contribution in [3.63, 3.8) is 0 Å². The highest BCUT2D eigenvalue weighted by Gasteiger charge is 2.14. The van der Waals surface area contributed by atoms with Gasteiger partial charge in [0.05, 0.1) is 20.4 Å². The molecule has 5 nitrogen and oxygen atoms in total. The fourth-order valence-electron chi connectivity index (χ4n) is 1.56. The summed E-state index contributed by atoms with van der Waals surface area (Å²) in [6, 6.07) is 4.99. The monoisotopic (exact) mass is 249 g/mol. The molecule has 0 aliphatic rings. The number of nitrogens with two attached hydrogens (primary N) is 1. The maximum absolute atomic E-state index is 13.7. The minimum atomic E-state index is -0.562. The zero-order chi connectivity index (χ0) is 13.1. The Morgan fingerprint density at radius 1 is 1.22 bits per heavy atom. The van der Waals surface area contributed by atoms with Crippen LogP contribution in [0.25, 0.3) is 11.3 Å². The normalized spacial score (nSPS) is 10.2. The summed E-state index contributed by atoms with van der Waals surface area (Å²) in [7, 11) is 3.03. The Balaban J connectivity index is 2.59. The summed E-state index contributed by atoms with van der Waals surface area (Å²) in [5.74, 6) is 0.501. The van der Waals surface area contributed by atoms with E-state index in [1.165, 1.54) is 14.2 Å². The lowest BCUT2D eigenvalue weighted by Gasteiger charge is -2.10. The van der Waals surface area contributed by atoms with Gasteiger partial charge in [-0.2, -0.15) is 0 Å². The van der Waals surface area contributed by atoms with Crippen molar-refractivity contribution in [1.82, 2.24) is 9.97 Å². The molecule has 0 bridgehead atoms. The molecule has 0 aliphatic carbocycles. The molecule has 1 heterocycles. The molecule has 2 N–H and O–H groups in total. The predicted octanol–water partition coefficient (Wildman–Crippen LogP) is 1.88. The van der Waals surface area contributed by atoms with E-state index in [1.54, 1.807) is 18.2 Å². The summed E-state index contributed by atoms with van der Waals surface area (Å²) >= 11 is 0. The largest absolute Gasteiger partial charge is 0.497 e. The fraction of sp³-hybridized carbons (Fsp3) is 0.167. The standard InChI is InChI=1S/C12H12FN3O2/c1-17-7-3-4-8(10(5-7)18-2)11-9(13)6-15-12(14)16-11/h3-6H,1-2H3,(H2,14,15,16). The van der Waals surface area contributed by atoms with Crippen LogP contribution in [0.15, 0.2) is 24.4 Å². The van der Waals surface area contributed by atoms with Gasteiger partial charge in [-0.3, -0.25) is 0 Å². The van der Waals surface area contributed by atoms with Gasteiger partial charge < -0.3 is 15.2 Å². The minimum absolute atomic E-state index is 0.00395. The number of nitrogen functional groups attached to an aromatic ring is 1. The van der Waals surface area contributed by atoms with Crippen LogP contribution in [0.3, 0.4) is 0 Å². The van der Waals surface area contributed by atoms with E-state index in [4.69, 9.17) is 15.2 Å². The van der Waals surface area contributed by atoms with Crippen LogP contribution in [-0.2, 0) is 0 Å². The Labute approximate surface area is 103 Å². The Kier molecular flexibility index (Phi) is 3.27. The Hall–Kier alpha value is -2.37. The molecular weight excluding hydrogens is 237 g/mol. The van der Waals surface area contributed by atoms with Crippen molar-refractivity contribution in [3.8, 4) is 22.8 Å². The first kappa shape index (κ1) is 12.1. The third-order valence-corrected chi connectivity index (χ3v) is 2.43. The molecule has 0 spiro atoms. The molecule has 2 rings (SSSR count). The highest BCUT2D eigenvalue weighted by molar-refractivity contribution is 5.69. The number of ether oxygens (including phenoxy) is 2. The summed E-state index contributed by atoms with van der Waals surface area (Å²) in [4.78, 5) is 7.46. The van der Waals surface area contributed by atoms with Crippen molar-refractivity contribution >= 4 is 5.95 Å². The molecule has 0 unspecified atom stereocenters. The van der Waals surface area contributed by atoms with E-state index >= 15 is 0 Å². The van der Waals surface area contributed by atoms with E-state index in [0.29, 0.717) is 17.1 Å². The van der Waals surface area contributed by atoms with Crippen molar-refractivity contribution in [2.75, 3.05) is 20.0 Å². The third kappa shape index (κ3) is 2.17.